The molecule has 0 bridgehead atoms. The van der Waals surface area contributed by atoms with E-state index in [0.717, 1.165) is 0 Å². The highest BCUT2D eigenvalue weighted by molar-refractivity contribution is 5.79. The van der Waals surface area contributed by atoms with E-state index in [1.54, 1.807) is 0 Å². The number of hydrogen-bond donors (Lipinski definition) is 0. The van der Waals surface area contributed by atoms with Crippen LogP contribution < -0.4 is 0 Å². The van der Waals surface area contributed by atoms with Crippen molar-refractivity contribution >= 4 is 5.78 Å². The van der Waals surface area contributed by atoms with Crippen LogP contribution in [0.1, 0.15) is 19.8 Å². The molecule has 0 spiro atoms. The lowest BCUT2D eigenvalue weighted by Crippen LogP contribution is -2.38. The molecule has 11 heavy (non-hydrogen) atoms. The van der Waals surface area contributed by atoms with Crippen molar-refractivity contribution < 1.29 is 18.0 Å². The first kappa shape index (κ1) is 8.56. The smallest absolute Gasteiger partial charge is 0.300 e. The molecule has 1 fully saturated rings. The predicted octanol–water partition coefficient (Wildman–Crippen LogP) is 2.16. The van der Waals surface area contributed by atoms with Crippen LogP contribution in [0.2, 0.25) is 0 Å². The Morgan fingerprint density at radius 1 is 1.36 bits per heavy atom. The molecule has 0 aromatic carbocycles. The van der Waals surface area contributed by atoms with Gasteiger partial charge in [0.2, 0.25) is 0 Å². The van der Waals surface area contributed by atoms with E-state index in [2.05, 4.69) is 0 Å². The van der Waals surface area contributed by atoms with Gasteiger partial charge < -0.3 is 0 Å². The Morgan fingerprint density at radius 2 is 1.82 bits per heavy atom. The first-order valence-electron chi connectivity index (χ1n) is 3.48. The van der Waals surface area contributed by atoms with Gasteiger partial charge in [0.25, 0.3) is 0 Å². The van der Waals surface area contributed by atoms with Gasteiger partial charge in [-0.05, 0) is 19.8 Å². The third-order valence-corrected chi connectivity index (χ3v) is 2.18. The van der Waals surface area contributed by atoms with Gasteiger partial charge in [0, 0.05) is 5.92 Å². The number of Topliss-reactive ketones (excluding diaryl/α,β-unsaturated/α-hetero) is 1. The Hall–Kier alpha value is -0.540. The summed E-state index contributed by atoms with van der Waals surface area (Å²) in [7, 11) is 0. The molecule has 1 aliphatic carbocycles. The number of rotatable bonds is 1. The molecule has 64 valence electrons. The fourth-order valence-electron chi connectivity index (χ4n) is 1.22. The van der Waals surface area contributed by atoms with Crippen LogP contribution >= 0.6 is 0 Å². The molecule has 1 aliphatic rings. The standard InChI is InChI=1S/C7H9F3O/c1-4(11)5-2-6(3-5)7(8,9)10/h5-6H,2-3H2,1H3. The van der Waals surface area contributed by atoms with Gasteiger partial charge in [-0.25, -0.2) is 0 Å². The highest BCUT2D eigenvalue weighted by atomic mass is 19.4. The van der Waals surface area contributed by atoms with E-state index in [4.69, 9.17) is 0 Å². The molecule has 0 radical (unpaired) electrons. The highest BCUT2D eigenvalue weighted by Crippen LogP contribution is 2.44. The van der Waals surface area contributed by atoms with Gasteiger partial charge in [-0.1, -0.05) is 0 Å². The molecule has 4 heteroatoms. The maximum atomic E-state index is 11.8. The van der Waals surface area contributed by atoms with Crippen LogP contribution in [0.15, 0.2) is 0 Å². The summed E-state index contributed by atoms with van der Waals surface area (Å²) in [6, 6.07) is 0. The summed E-state index contributed by atoms with van der Waals surface area (Å²) >= 11 is 0. The first-order chi connectivity index (χ1) is 4.91. The van der Waals surface area contributed by atoms with Gasteiger partial charge in [-0.2, -0.15) is 13.2 Å². The van der Waals surface area contributed by atoms with Crippen LogP contribution in [0, 0.1) is 11.8 Å². The van der Waals surface area contributed by atoms with Gasteiger partial charge in [-0.15, -0.1) is 0 Å². The normalized spacial score (nSPS) is 31.3. The van der Waals surface area contributed by atoms with Crippen molar-refractivity contribution in [3.8, 4) is 0 Å². The number of carbonyl (C=O) groups is 1. The van der Waals surface area contributed by atoms with Crippen molar-refractivity contribution in [3.63, 3.8) is 0 Å². The average molecular weight is 166 g/mol. The Kier molecular flexibility index (Phi) is 1.94. The van der Waals surface area contributed by atoms with Crippen LogP contribution in [0.25, 0.3) is 0 Å². The van der Waals surface area contributed by atoms with Crippen molar-refractivity contribution in [1.29, 1.82) is 0 Å². The van der Waals surface area contributed by atoms with Crippen LogP contribution in [-0.4, -0.2) is 12.0 Å². The molecule has 0 aromatic heterocycles. The third-order valence-electron chi connectivity index (χ3n) is 2.18. The lowest BCUT2D eigenvalue weighted by molar-refractivity contribution is -0.203. The molecule has 0 amide bonds. The van der Waals surface area contributed by atoms with Crippen LogP contribution in [-0.2, 0) is 4.79 Å². The molecule has 0 heterocycles. The Bertz CT molecular complexity index is 167. The van der Waals surface area contributed by atoms with Crippen molar-refractivity contribution in [2.75, 3.05) is 0 Å². The molecule has 0 saturated heterocycles. The largest absolute Gasteiger partial charge is 0.391 e. The molecule has 1 rings (SSSR count). The average Bonchev–Trinajstić information content (AvgIpc) is 1.51. The maximum absolute atomic E-state index is 11.8. The number of halogens is 3. The third kappa shape index (κ3) is 1.73. The maximum Gasteiger partial charge on any atom is 0.391 e. The lowest BCUT2D eigenvalue weighted by atomic mass is 9.73. The van der Waals surface area contributed by atoms with Crippen LogP contribution in [0.5, 0.6) is 0 Å². The zero-order chi connectivity index (χ0) is 8.65. The molecule has 0 aromatic rings. The second-order valence-electron chi connectivity index (χ2n) is 3.02. The summed E-state index contributed by atoms with van der Waals surface area (Å²) in [5.41, 5.74) is 0. The fraction of sp³-hybridized carbons (Fsp3) is 0.857. The van der Waals surface area contributed by atoms with Gasteiger partial charge in [-0.3, -0.25) is 4.79 Å². The highest BCUT2D eigenvalue weighted by Gasteiger charge is 2.48. The second-order valence-corrected chi connectivity index (χ2v) is 3.02. The first-order valence-corrected chi connectivity index (χ1v) is 3.48. The molecule has 0 unspecified atom stereocenters. The van der Waals surface area contributed by atoms with Crippen molar-refractivity contribution in [2.45, 2.75) is 25.9 Å². The molecule has 0 aliphatic heterocycles. The van der Waals surface area contributed by atoms with E-state index in [0.29, 0.717) is 0 Å². The lowest BCUT2D eigenvalue weighted by Gasteiger charge is -2.34. The van der Waals surface area contributed by atoms with Gasteiger partial charge in [0.15, 0.2) is 0 Å². The van der Waals surface area contributed by atoms with E-state index < -0.39 is 12.1 Å². The zero-order valence-electron chi connectivity index (χ0n) is 6.11. The summed E-state index contributed by atoms with van der Waals surface area (Å²) in [5, 5.41) is 0. The molecular weight excluding hydrogens is 157 g/mol. The summed E-state index contributed by atoms with van der Waals surface area (Å²) in [5.74, 6) is -1.68. The number of ketones is 1. The zero-order valence-corrected chi connectivity index (χ0v) is 6.11. The van der Waals surface area contributed by atoms with Gasteiger partial charge in [0.1, 0.15) is 5.78 Å². The SMILES string of the molecule is CC(=O)C1CC(C(F)(F)F)C1. The van der Waals surface area contributed by atoms with E-state index in [1.807, 2.05) is 0 Å². The van der Waals surface area contributed by atoms with E-state index in [1.165, 1.54) is 6.92 Å². The number of hydrogen-bond acceptors (Lipinski definition) is 1. The van der Waals surface area contributed by atoms with Gasteiger partial charge >= 0.3 is 6.18 Å². The summed E-state index contributed by atoms with van der Waals surface area (Å²) in [6.45, 7) is 1.34. The fourth-order valence-corrected chi connectivity index (χ4v) is 1.22. The minimum atomic E-state index is -4.09. The molecule has 0 N–H and O–H groups in total. The Balaban J connectivity index is 2.35. The van der Waals surface area contributed by atoms with E-state index >= 15 is 0 Å². The summed E-state index contributed by atoms with van der Waals surface area (Å²) in [4.78, 5) is 10.5. The number of alkyl halides is 3. The van der Waals surface area contributed by atoms with Crippen molar-refractivity contribution in [3.05, 3.63) is 0 Å². The second kappa shape index (κ2) is 2.50. The topological polar surface area (TPSA) is 17.1 Å². The molecule has 0 atom stereocenters. The molecular formula is C7H9F3O. The van der Waals surface area contributed by atoms with Gasteiger partial charge in [0.05, 0.1) is 5.92 Å². The van der Waals surface area contributed by atoms with Crippen LogP contribution in [0.4, 0.5) is 13.2 Å². The minimum absolute atomic E-state index is 0.00116. The molecule has 1 nitrogen and oxygen atoms in total. The van der Waals surface area contributed by atoms with Crippen molar-refractivity contribution in [1.82, 2.24) is 0 Å². The quantitative estimate of drug-likeness (QED) is 0.583. The molecule has 1 saturated carbocycles. The number of carbonyl (C=O) groups excluding carboxylic acids is 1. The monoisotopic (exact) mass is 166 g/mol. The van der Waals surface area contributed by atoms with Crippen molar-refractivity contribution in [2.24, 2.45) is 11.8 Å². The van der Waals surface area contributed by atoms with E-state index in [-0.39, 0.29) is 24.5 Å². The van der Waals surface area contributed by atoms with E-state index in [9.17, 15) is 18.0 Å². The Labute approximate surface area is 62.6 Å². The summed E-state index contributed by atoms with van der Waals surface area (Å²) < 4.78 is 35.5. The summed E-state index contributed by atoms with van der Waals surface area (Å²) in [6.07, 6.45) is -4.09. The Morgan fingerprint density at radius 3 is 2.09 bits per heavy atom. The minimum Gasteiger partial charge on any atom is -0.300 e. The predicted molar refractivity (Wildman–Crippen MR) is 32.9 cm³/mol. The van der Waals surface area contributed by atoms with Crippen LogP contribution in [0.3, 0.4) is 0 Å².